The summed E-state index contributed by atoms with van der Waals surface area (Å²) in [5.41, 5.74) is 1.25. The zero-order valence-electron chi connectivity index (χ0n) is 15.3. The van der Waals surface area contributed by atoms with E-state index < -0.39 is 0 Å². The predicted octanol–water partition coefficient (Wildman–Crippen LogP) is 3.45. The number of amides is 1. The molecular formula is C21H25ClN2O3. The quantitative estimate of drug-likeness (QED) is 0.823. The summed E-state index contributed by atoms with van der Waals surface area (Å²) in [4.78, 5) is 16.3. The van der Waals surface area contributed by atoms with E-state index in [1.807, 2.05) is 42.5 Å². The van der Waals surface area contributed by atoms with Crippen LogP contribution in [0.25, 0.3) is 0 Å². The summed E-state index contributed by atoms with van der Waals surface area (Å²) < 4.78 is 5.41. The number of halogens is 1. The Kier molecular flexibility index (Phi) is 7.10. The van der Waals surface area contributed by atoms with Crippen LogP contribution in [0.4, 0.5) is 4.79 Å². The molecule has 0 saturated carbocycles. The van der Waals surface area contributed by atoms with Crippen LogP contribution in [0.1, 0.15) is 12.0 Å². The van der Waals surface area contributed by atoms with Crippen LogP contribution in [0.15, 0.2) is 54.6 Å². The number of ether oxygens (including phenoxy) is 1. The van der Waals surface area contributed by atoms with Crippen molar-refractivity contribution in [2.24, 2.45) is 0 Å². The van der Waals surface area contributed by atoms with Gasteiger partial charge in [-0.1, -0.05) is 41.9 Å². The number of benzene rings is 2. The molecule has 1 aliphatic rings. The molecule has 0 aliphatic carbocycles. The third-order valence-corrected chi connectivity index (χ3v) is 5.10. The number of rotatable bonds is 6. The largest absolute Gasteiger partial charge is 0.415 e. The van der Waals surface area contributed by atoms with Crippen molar-refractivity contribution < 1.29 is 14.6 Å². The first-order valence-corrected chi connectivity index (χ1v) is 9.64. The number of aryl methyl sites for hydroxylation is 1. The highest BCUT2D eigenvalue weighted by atomic mass is 35.5. The highest BCUT2D eigenvalue weighted by molar-refractivity contribution is 6.30. The Labute approximate surface area is 165 Å². The van der Waals surface area contributed by atoms with E-state index in [0.29, 0.717) is 18.8 Å². The average molecular weight is 389 g/mol. The van der Waals surface area contributed by atoms with E-state index in [-0.39, 0.29) is 18.7 Å². The maximum Gasteiger partial charge on any atom is 0.415 e. The number of aliphatic hydroxyl groups excluding tert-OH is 1. The van der Waals surface area contributed by atoms with Crippen LogP contribution >= 0.6 is 11.6 Å². The fourth-order valence-electron chi connectivity index (χ4n) is 3.32. The van der Waals surface area contributed by atoms with Gasteiger partial charge in [-0.25, -0.2) is 4.79 Å². The van der Waals surface area contributed by atoms with E-state index in [4.69, 9.17) is 16.3 Å². The van der Waals surface area contributed by atoms with Crippen molar-refractivity contribution in [2.75, 3.05) is 32.8 Å². The van der Waals surface area contributed by atoms with E-state index in [1.165, 1.54) is 5.56 Å². The second-order valence-corrected chi connectivity index (χ2v) is 7.17. The summed E-state index contributed by atoms with van der Waals surface area (Å²) >= 11 is 5.92. The fourth-order valence-corrected chi connectivity index (χ4v) is 3.44. The van der Waals surface area contributed by atoms with Gasteiger partial charge in [0.1, 0.15) is 5.75 Å². The van der Waals surface area contributed by atoms with Crippen LogP contribution in [0.3, 0.4) is 0 Å². The van der Waals surface area contributed by atoms with Gasteiger partial charge in [0.2, 0.25) is 0 Å². The molecule has 27 heavy (non-hydrogen) atoms. The average Bonchev–Trinajstić information content (AvgIpc) is 2.70. The van der Waals surface area contributed by atoms with Crippen LogP contribution in [0.5, 0.6) is 5.75 Å². The molecule has 3 rings (SSSR count). The topological polar surface area (TPSA) is 53.0 Å². The summed E-state index contributed by atoms with van der Waals surface area (Å²) in [6, 6.07) is 16.9. The third kappa shape index (κ3) is 5.70. The highest BCUT2D eigenvalue weighted by Gasteiger charge is 2.29. The molecule has 1 aliphatic heterocycles. The lowest BCUT2D eigenvalue weighted by Gasteiger charge is -2.40. The Morgan fingerprint density at radius 3 is 2.56 bits per heavy atom. The summed E-state index contributed by atoms with van der Waals surface area (Å²) in [5.74, 6) is 0.536. The molecular weight excluding hydrogens is 364 g/mol. The van der Waals surface area contributed by atoms with E-state index in [1.54, 1.807) is 17.0 Å². The molecule has 1 unspecified atom stereocenters. The molecule has 2 aromatic carbocycles. The minimum atomic E-state index is -0.361. The van der Waals surface area contributed by atoms with Crippen molar-refractivity contribution in [1.82, 2.24) is 9.80 Å². The minimum absolute atomic E-state index is 0.0239. The molecule has 0 spiro atoms. The molecule has 144 valence electrons. The van der Waals surface area contributed by atoms with Crippen LogP contribution < -0.4 is 4.74 Å². The van der Waals surface area contributed by atoms with E-state index in [0.717, 1.165) is 31.0 Å². The second kappa shape index (κ2) is 9.74. The molecule has 5 nitrogen and oxygen atoms in total. The highest BCUT2D eigenvalue weighted by Crippen LogP contribution is 2.16. The fraction of sp³-hybridized carbons (Fsp3) is 0.381. The van der Waals surface area contributed by atoms with Crippen LogP contribution in [-0.2, 0) is 6.42 Å². The van der Waals surface area contributed by atoms with E-state index in [2.05, 4.69) is 4.90 Å². The maximum absolute atomic E-state index is 12.4. The van der Waals surface area contributed by atoms with Crippen molar-refractivity contribution in [3.63, 3.8) is 0 Å². The van der Waals surface area contributed by atoms with Crippen molar-refractivity contribution >= 4 is 17.7 Å². The first kappa shape index (κ1) is 19.7. The lowest BCUT2D eigenvalue weighted by atomic mass is 10.1. The van der Waals surface area contributed by atoms with Gasteiger partial charge in [-0.15, -0.1) is 0 Å². The van der Waals surface area contributed by atoms with Gasteiger partial charge in [0.25, 0.3) is 0 Å². The van der Waals surface area contributed by atoms with Crippen molar-refractivity contribution in [1.29, 1.82) is 0 Å². The summed E-state index contributed by atoms with van der Waals surface area (Å²) in [6.07, 6.45) is 1.60. The lowest BCUT2D eigenvalue weighted by molar-refractivity contribution is 0.0429. The molecule has 0 bridgehead atoms. The van der Waals surface area contributed by atoms with Crippen molar-refractivity contribution in [2.45, 2.75) is 18.9 Å². The smallest absolute Gasteiger partial charge is 0.410 e. The lowest BCUT2D eigenvalue weighted by Crippen LogP contribution is -2.56. The SMILES string of the molecule is O=C(Oc1ccccc1)N1CCN(CCCc2ccc(Cl)cc2)C(CO)C1. The van der Waals surface area contributed by atoms with Crippen LogP contribution in [0, 0.1) is 0 Å². The normalized spacial score (nSPS) is 17.7. The molecule has 6 heteroatoms. The van der Waals surface area contributed by atoms with Gasteiger partial charge >= 0.3 is 6.09 Å². The Balaban J connectivity index is 1.47. The van der Waals surface area contributed by atoms with Gasteiger partial charge in [-0.2, -0.15) is 0 Å². The number of hydrogen-bond acceptors (Lipinski definition) is 4. The number of carbonyl (C=O) groups is 1. The second-order valence-electron chi connectivity index (χ2n) is 6.73. The summed E-state index contributed by atoms with van der Waals surface area (Å²) in [7, 11) is 0. The number of aliphatic hydroxyl groups is 1. The zero-order chi connectivity index (χ0) is 19.1. The van der Waals surface area contributed by atoms with Crippen LogP contribution in [-0.4, -0.2) is 59.8 Å². The minimum Gasteiger partial charge on any atom is -0.410 e. The number of para-hydroxylation sites is 1. The van der Waals surface area contributed by atoms with Gasteiger partial charge in [0.15, 0.2) is 0 Å². The van der Waals surface area contributed by atoms with Crippen molar-refractivity contribution in [3.05, 3.63) is 65.2 Å². The Bertz CT molecular complexity index is 724. The monoisotopic (exact) mass is 388 g/mol. The molecule has 2 aromatic rings. The first-order valence-electron chi connectivity index (χ1n) is 9.27. The number of piperazine rings is 1. The Hall–Kier alpha value is -2.08. The Morgan fingerprint density at radius 2 is 1.85 bits per heavy atom. The standard InChI is InChI=1S/C21H25ClN2O3/c22-18-10-8-17(9-11-18)5-4-12-23-13-14-24(15-19(23)16-25)21(26)27-20-6-2-1-3-7-20/h1-3,6-11,19,25H,4-5,12-16H2. The van der Waals surface area contributed by atoms with Gasteiger partial charge in [0, 0.05) is 24.7 Å². The molecule has 1 atom stereocenters. The van der Waals surface area contributed by atoms with Gasteiger partial charge in [-0.3, -0.25) is 4.90 Å². The molecule has 1 N–H and O–H groups in total. The van der Waals surface area contributed by atoms with Gasteiger partial charge < -0.3 is 14.7 Å². The van der Waals surface area contributed by atoms with Crippen LogP contribution in [0.2, 0.25) is 5.02 Å². The number of carbonyl (C=O) groups excluding carboxylic acids is 1. The predicted molar refractivity (Wildman–Crippen MR) is 106 cm³/mol. The third-order valence-electron chi connectivity index (χ3n) is 4.85. The summed E-state index contributed by atoms with van der Waals surface area (Å²) in [6.45, 7) is 2.72. The van der Waals surface area contributed by atoms with Gasteiger partial charge in [0.05, 0.1) is 12.6 Å². The molecule has 1 amide bonds. The molecule has 1 saturated heterocycles. The first-order chi connectivity index (χ1) is 13.2. The molecule has 0 aromatic heterocycles. The molecule has 1 heterocycles. The Morgan fingerprint density at radius 1 is 1.11 bits per heavy atom. The van der Waals surface area contributed by atoms with Crippen molar-refractivity contribution in [3.8, 4) is 5.75 Å². The number of nitrogens with zero attached hydrogens (tertiary/aromatic N) is 2. The number of hydrogen-bond donors (Lipinski definition) is 1. The van der Waals surface area contributed by atoms with E-state index in [9.17, 15) is 9.90 Å². The zero-order valence-corrected chi connectivity index (χ0v) is 16.0. The summed E-state index contributed by atoms with van der Waals surface area (Å²) in [5, 5.41) is 10.5. The maximum atomic E-state index is 12.4. The molecule has 0 radical (unpaired) electrons. The van der Waals surface area contributed by atoms with E-state index >= 15 is 0 Å². The van der Waals surface area contributed by atoms with Gasteiger partial charge in [-0.05, 0) is 49.2 Å². The molecule has 1 fully saturated rings.